The highest BCUT2D eigenvalue weighted by molar-refractivity contribution is 8.77. The number of thiol groups is 1. The van der Waals surface area contributed by atoms with Gasteiger partial charge in [-0.2, -0.15) is 12.6 Å². The van der Waals surface area contributed by atoms with Gasteiger partial charge in [-0.25, -0.2) is 0 Å². The number of carbonyl (C=O) groups is 3. The molecule has 0 aliphatic carbocycles. The van der Waals surface area contributed by atoms with E-state index in [1.165, 1.54) is 0 Å². The summed E-state index contributed by atoms with van der Waals surface area (Å²) in [5.41, 5.74) is 16.3. The fourth-order valence-electron chi connectivity index (χ4n) is 0.972. The molecule has 11 heteroatoms. The lowest BCUT2D eigenvalue weighted by Gasteiger charge is -2.21. The lowest BCUT2D eigenvalue weighted by molar-refractivity contribution is -0.140. The number of hydrogen-bond acceptors (Lipinski definition) is 9. The summed E-state index contributed by atoms with van der Waals surface area (Å²) in [5, 5.41) is 16.4. The number of carboxylic acid groups (broad SMARTS) is 2. The van der Waals surface area contributed by atoms with Crippen LogP contribution < -0.4 is 17.2 Å². The molecule has 0 fully saturated rings. The minimum Gasteiger partial charge on any atom is -0.480 e. The molecule has 1 unspecified atom stereocenters. The average Bonchev–Trinajstić information content (AvgIpc) is 2.40. The summed E-state index contributed by atoms with van der Waals surface area (Å²) in [6, 6.07) is -3.48. The predicted molar refractivity (Wildman–Crippen MR) is 81.9 cm³/mol. The van der Waals surface area contributed by atoms with Crippen molar-refractivity contribution >= 4 is 51.9 Å². The van der Waals surface area contributed by atoms with Crippen molar-refractivity contribution in [2.45, 2.75) is 23.4 Å². The van der Waals surface area contributed by atoms with E-state index in [0.717, 1.165) is 21.6 Å². The van der Waals surface area contributed by atoms with E-state index in [4.69, 9.17) is 27.4 Å². The van der Waals surface area contributed by atoms with Gasteiger partial charge in [-0.3, -0.25) is 14.4 Å². The fourth-order valence-corrected chi connectivity index (χ4v) is 3.93. The molecule has 8 nitrogen and oxygen atoms in total. The summed E-state index contributed by atoms with van der Waals surface area (Å²) in [5.74, 6) is -3.01. The summed E-state index contributed by atoms with van der Waals surface area (Å²) >= 11 is 3.87. The van der Waals surface area contributed by atoms with Crippen LogP contribution >= 0.6 is 34.2 Å². The second-order valence-electron chi connectivity index (χ2n) is 3.80. The summed E-state index contributed by atoms with van der Waals surface area (Å²) < 4.78 is 0. The number of aliphatic carboxylic acids is 2. The first kappa shape index (κ1) is 19.5. The normalized spacial score (nSPS) is 17.0. The van der Waals surface area contributed by atoms with Crippen LogP contribution in [0.2, 0.25) is 0 Å². The zero-order valence-corrected chi connectivity index (χ0v) is 12.9. The second-order valence-corrected chi connectivity index (χ2v) is 6.72. The smallest absolute Gasteiger partial charge is 0.322 e. The van der Waals surface area contributed by atoms with Gasteiger partial charge >= 0.3 is 11.9 Å². The Balaban J connectivity index is 4.67. The molecule has 0 heterocycles. The fraction of sp³-hybridized carbons (Fsp3) is 0.667. The van der Waals surface area contributed by atoms with Crippen molar-refractivity contribution in [3.8, 4) is 0 Å². The van der Waals surface area contributed by atoms with E-state index >= 15 is 0 Å². The van der Waals surface area contributed by atoms with Crippen LogP contribution in [0.15, 0.2) is 0 Å². The molecular weight excluding hydrogens is 326 g/mol. The van der Waals surface area contributed by atoms with Crippen molar-refractivity contribution in [2.24, 2.45) is 17.2 Å². The van der Waals surface area contributed by atoms with Gasteiger partial charge in [0, 0.05) is 11.5 Å². The van der Waals surface area contributed by atoms with Crippen molar-refractivity contribution in [2.75, 3.05) is 11.5 Å². The van der Waals surface area contributed by atoms with Crippen LogP contribution in [0.3, 0.4) is 0 Å². The topological polar surface area (TPSA) is 170 Å². The van der Waals surface area contributed by atoms with Crippen LogP contribution in [0.1, 0.15) is 0 Å². The first-order valence-corrected chi connectivity index (χ1v) is 8.39. The Morgan fingerprint density at radius 1 is 1.05 bits per heavy atom. The van der Waals surface area contributed by atoms with Gasteiger partial charge in [0.05, 0.1) is 6.04 Å². The summed E-state index contributed by atoms with van der Waals surface area (Å²) in [6.45, 7) is 0. The number of carbonyl (C=O) groups excluding carboxylic acids is 1. The van der Waals surface area contributed by atoms with Crippen LogP contribution in [-0.2, 0) is 14.4 Å². The number of Topliss-reactive ketones (excluding diaryl/α,β-unsaturated/α-hetero) is 1. The standard InChI is InChI=1S/C9H17N3O5S3/c10-3(1-18)6(13)7(5(12)9(16)17)20-19-2-4(11)8(14)15/h3-5,7,18H,1-2,10-12H2,(H,14,15)(H,16,17)/t3-,4-,5-,7?/m0/s1. The van der Waals surface area contributed by atoms with E-state index in [0.29, 0.717) is 0 Å². The minimum absolute atomic E-state index is 0.00618. The quantitative estimate of drug-likeness (QED) is 0.200. The highest BCUT2D eigenvalue weighted by atomic mass is 33.1. The molecule has 116 valence electrons. The Morgan fingerprint density at radius 2 is 1.60 bits per heavy atom. The van der Waals surface area contributed by atoms with E-state index in [1.54, 1.807) is 0 Å². The van der Waals surface area contributed by atoms with Crippen LogP contribution in [-0.4, -0.2) is 62.8 Å². The Morgan fingerprint density at radius 3 is 2.00 bits per heavy atom. The third kappa shape index (κ3) is 6.33. The van der Waals surface area contributed by atoms with Crippen LogP contribution in [0.4, 0.5) is 0 Å². The van der Waals surface area contributed by atoms with Crippen LogP contribution in [0.25, 0.3) is 0 Å². The maximum atomic E-state index is 11.9. The molecule has 20 heavy (non-hydrogen) atoms. The van der Waals surface area contributed by atoms with E-state index in [1.807, 2.05) is 0 Å². The molecule has 0 rings (SSSR count). The molecule has 0 amide bonds. The lowest BCUT2D eigenvalue weighted by Crippen LogP contribution is -2.50. The minimum atomic E-state index is -1.44. The number of ketones is 1. The zero-order chi connectivity index (χ0) is 15.9. The first-order chi connectivity index (χ1) is 9.22. The number of carboxylic acids is 2. The van der Waals surface area contributed by atoms with Gasteiger partial charge in [0.25, 0.3) is 0 Å². The maximum absolute atomic E-state index is 11.9. The number of rotatable bonds is 10. The molecule has 4 atom stereocenters. The van der Waals surface area contributed by atoms with Crippen molar-refractivity contribution in [3.63, 3.8) is 0 Å². The molecule has 0 saturated heterocycles. The SMILES string of the molecule is N[C@H](C(=O)O)C(SSC[C@H](N)C(=O)O)C(=O)[C@@H](N)CS. The number of hydrogen-bond donors (Lipinski definition) is 6. The van der Waals surface area contributed by atoms with E-state index < -0.39 is 41.1 Å². The van der Waals surface area contributed by atoms with Crippen molar-refractivity contribution < 1.29 is 24.6 Å². The Bertz CT molecular complexity index is 371. The highest BCUT2D eigenvalue weighted by Gasteiger charge is 2.34. The summed E-state index contributed by atoms with van der Waals surface area (Å²) in [6.07, 6.45) is 0. The summed E-state index contributed by atoms with van der Waals surface area (Å²) in [4.78, 5) is 33.4. The summed E-state index contributed by atoms with van der Waals surface area (Å²) in [7, 11) is 1.83. The highest BCUT2D eigenvalue weighted by Crippen LogP contribution is 2.30. The van der Waals surface area contributed by atoms with Crippen LogP contribution in [0.5, 0.6) is 0 Å². The van der Waals surface area contributed by atoms with Gasteiger partial charge in [0.1, 0.15) is 17.3 Å². The Hall–Kier alpha value is -0.460. The molecule has 0 spiro atoms. The maximum Gasteiger partial charge on any atom is 0.322 e. The average molecular weight is 343 g/mol. The Kier molecular flexibility index (Phi) is 9.25. The zero-order valence-electron chi connectivity index (χ0n) is 10.3. The molecule has 0 radical (unpaired) electrons. The molecule has 0 aromatic heterocycles. The number of nitrogens with two attached hydrogens (primary N) is 3. The first-order valence-electron chi connectivity index (χ1n) is 5.37. The van der Waals surface area contributed by atoms with E-state index in [2.05, 4.69) is 12.6 Å². The van der Waals surface area contributed by atoms with Gasteiger partial charge in [-0.1, -0.05) is 21.6 Å². The van der Waals surface area contributed by atoms with Crippen molar-refractivity contribution in [1.29, 1.82) is 0 Å². The predicted octanol–water partition coefficient (Wildman–Crippen LogP) is -1.61. The monoisotopic (exact) mass is 343 g/mol. The third-order valence-electron chi connectivity index (χ3n) is 2.19. The van der Waals surface area contributed by atoms with Gasteiger partial charge < -0.3 is 27.4 Å². The molecule has 0 bridgehead atoms. The second kappa shape index (κ2) is 9.47. The largest absolute Gasteiger partial charge is 0.480 e. The molecule has 0 aromatic rings. The molecular formula is C9H17N3O5S3. The molecule has 0 aliphatic heterocycles. The molecule has 0 aliphatic rings. The lowest BCUT2D eigenvalue weighted by atomic mass is 10.1. The van der Waals surface area contributed by atoms with E-state index in [-0.39, 0.29) is 11.5 Å². The van der Waals surface area contributed by atoms with Gasteiger partial charge in [0.15, 0.2) is 5.78 Å². The Labute approximate surface area is 129 Å². The van der Waals surface area contributed by atoms with Crippen molar-refractivity contribution in [3.05, 3.63) is 0 Å². The molecule has 8 N–H and O–H groups in total. The van der Waals surface area contributed by atoms with Gasteiger partial charge in [-0.15, -0.1) is 0 Å². The van der Waals surface area contributed by atoms with Gasteiger partial charge in [-0.05, 0) is 0 Å². The van der Waals surface area contributed by atoms with Gasteiger partial charge in [0.2, 0.25) is 0 Å². The molecule has 0 saturated carbocycles. The van der Waals surface area contributed by atoms with E-state index in [9.17, 15) is 14.4 Å². The van der Waals surface area contributed by atoms with Crippen molar-refractivity contribution in [1.82, 2.24) is 0 Å². The van der Waals surface area contributed by atoms with Crippen LogP contribution in [0, 0.1) is 0 Å². The molecule has 0 aromatic carbocycles. The third-order valence-corrected chi connectivity index (χ3v) is 5.39.